The van der Waals surface area contributed by atoms with E-state index in [9.17, 15) is 0 Å². The second-order valence-electron chi connectivity index (χ2n) is 9.48. The summed E-state index contributed by atoms with van der Waals surface area (Å²) in [5, 5.41) is 4.59. The van der Waals surface area contributed by atoms with Gasteiger partial charge >= 0.3 is 0 Å². The van der Waals surface area contributed by atoms with Gasteiger partial charge in [-0.3, -0.25) is 4.98 Å². The van der Waals surface area contributed by atoms with Crippen molar-refractivity contribution in [3.8, 4) is 22.8 Å². The van der Waals surface area contributed by atoms with Crippen molar-refractivity contribution in [1.29, 1.82) is 0 Å². The monoisotopic (exact) mass is 487 g/mol. The van der Waals surface area contributed by atoms with Gasteiger partial charge in [-0.15, -0.1) is 0 Å². The number of rotatable bonds is 3. The Labute approximate surface area is 218 Å². The average Bonchev–Trinajstić information content (AvgIpc) is 3.55. The van der Waals surface area contributed by atoms with Crippen molar-refractivity contribution in [1.82, 2.24) is 24.1 Å². The van der Waals surface area contributed by atoms with E-state index in [2.05, 4.69) is 122 Å². The Balaban J connectivity index is 1.36. The molecule has 8 aromatic rings. The van der Waals surface area contributed by atoms with Crippen LogP contribution in [0.25, 0.3) is 66.4 Å². The molecule has 0 spiro atoms. The lowest BCUT2D eigenvalue weighted by Crippen LogP contribution is -1.96. The van der Waals surface area contributed by atoms with Gasteiger partial charge in [0.25, 0.3) is 0 Å². The predicted octanol–water partition coefficient (Wildman–Crippen LogP) is 7.73. The number of pyridine rings is 1. The van der Waals surface area contributed by atoms with Gasteiger partial charge in [0.15, 0.2) is 5.82 Å². The van der Waals surface area contributed by atoms with Crippen LogP contribution in [-0.2, 0) is 0 Å². The number of aromatic nitrogens is 5. The molecule has 0 aliphatic rings. The summed E-state index contributed by atoms with van der Waals surface area (Å²) in [5.41, 5.74) is 7.63. The minimum Gasteiger partial charge on any atom is -0.317 e. The fourth-order valence-electron chi connectivity index (χ4n) is 5.49. The van der Waals surface area contributed by atoms with Crippen LogP contribution in [0.5, 0.6) is 0 Å². The number of benzene rings is 4. The van der Waals surface area contributed by atoms with Crippen molar-refractivity contribution in [2.24, 2.45) is 0 Å². The predicted molar refractivity (Wildman–Crippen MR) is 154 cm³/mol. The summed E-state index contributed by atoms with van der Waals surface area (Å²) in [7, 11) is 0. The molecule has 0 saturated carbocycles. The summed E-state index contributed by atoms with van der Waals surface area (Å²) >= 11 is 0. The van der Waals surface area contributed by atoms with Crippen LogP contribution in [0.1, 0.15) is 0 Å². The van der Waals surface area contributed by atoms with Crippen molar-refractivity contribution >= 4 is 43.6 Å². The molecular formula is C33H21N5. The molecule has 5 heteroatoms. The molecule has 0 saturated heterocycles. The summed E-state index contributed by atoms with van der Waals surface area (Å²) in [4.78, 5) is 13.6. The summed E-state index contributed by atoms with van der Waals surface area (Å²) in [6.07, 6.45) is 7.55. The van der Waals surface area contributed by atoms with Crippen LogP contribution < -0.4 is 0 Å². The van der Waals surface area contributed by atoms with Gasteiger partial charge in [-0.05, 0) is 54.6 Å². The fourth-order valence-corrected chi connectivity index (χ4v) is 5.49. The van der Waals surface area contributed by atoms with Crippen molar-refractivity contribution in [2.45, 2.75) is 0 Å². The third kappa shape index (κ3) is 3.15. The zero-order chi connectivity index (χ0) is 25.1. The zero-order valence-electron chi connectivity index (χ0n) is 20.4. The molecule has 0 bridgehead atoms. The Morgan fingerprint density at radius 3 is 2.39 bits per heavy atom. The van der Waals surface area contributed by atoms with Gasteiger partial charge < -0.3 is 9.13 Å². The first-order valence-corrected chi connectivity index (χ1v) is 12.6. The minimum atomic E-state index is 0.702. The second-order valence-corrected chi connectivity index (χ2v) is 9.48. The van der Waals surface area contributed by atoms with E-state index < -0.39 is 0 Å². The molecular weight excluding hydrogens is 466 g/mol. The molecule has 5 nitrogen and oxygen atoms in total. The van der Waals surface area contributed by atoms with Crippen LogP contribution in [0, 0.1) is 0 Å². The quantitative estimate of drug-likeness (QED) is 0.256. The zero-order valence-corrected chi connectivity index (χ0v) is 20.4. The summed E-state index contributed by atoms with van der Waals surface area (Å²) < 4.78 is 4.60. The maximum Gasteiger partial charge on any atom is 0.159 e. The van der Waals surface area contributed by atoms with E-state index in [0.29, 0.717) is 5.82 Å². The van der Waals surface area contributed by atoms with E-state index in [1.807, 2.05) is 12.3 Å². The van der Waals surface area contributed by atoms with Crippen molar-refractivity contribution in [2.75, 3.05) is 0 Å². The standard InChI is InChI=1S/C33H21N5/c1-2-8-25(9-3-1)37-16-14-22-18-32-28(19-31(22)37)27-11-4-5-12-30(27)38(32)26-10-6-7-23(17-26)33-35-21-24-20-34-15-13-29(24)36-33/h1-21H. The Morgan fingerprint density at radius 2 is 1.45 bits per heavy atom. The van der Waals surface area contributed by atoms with Crippen LogP contribution in [0.15, 0.2) is 128 Å². The van der Waals surface area contributed by atoms with Crippen molar-refractivity contribution in [3.63, 3.8) is 0 Å². The molecule has 0 atom stereocenters. The van der Waals surface area contributed by atoms with E-state index >= 15 is 0 Å². The topological polar surface area (TPSA) is 48.5 Å². The number of fused-ring (bicyclic) bond motifs is 5. The van der Waals surface area contributed by atoms with Crippen molar-refractivity contribution < 1.29 is 0 Å². The van der Waals surface area contributed by atoms with E-state index in [0.717, 1.165) is 27.8 Å². The smallest absolute Gasteiger partial charge is 0.159 e. The first-order valence-electron chi connectivity index (χ1n) is 12.6. The van der Waals surface area contributed by atoms with Crippen LogP contribution >= 0.6 is 0 Å². The molecule has 0 fully saturated rings. The summed E-state index contributed by atoms with van der Waals surface area (Å²) in [5.74, 6) is 0.702. The van der Waals surface area contributed by atoms with Gasteiger partial charge in [-0.25, -0.2) is 9.97 Å². The molecule has 38 heavy (non-hydrogen) atoms. The number of para-hydroxylation sites is 2. The Hall–Kier alpha value is -5.29. The molecule has 0 radical (unpaired) electrons. The van der Waals surface area contributed by atoms with E-state index in [4.69, 9.17) is 4.98 Å². The van der Waals surface area contributed by atoms with Gasteiger partial charge in [-0.1, -0.05) is 48.5 Å². The summed E-state index contributed by atoms with van der Waals surface area (Å²) in [6.45, 7) is 0. The lowest BCUT2D eigenvalue weighted by molar-refractivity contribution is 1.13. The second kappa shape index (κ2) is 8.11. The Kier molecular flexibility index (Phi) is 4.45. The highest BCUT2D eigenvalue weighted by Gasteiger charge is 2.16. The number of hydrogen-bond donors (Lipinski definition) is 0. The highest BCUT2D eigenvalue weighted by molar-refractivity contribution is 6.13. The minimum absolute atomic E-state index is 0.702. The molecule has 0 unspecified atom stereocenters. The molecule has 4 aromatic heterocycles. The van der Waals surface area contributed by atoms with Crippen LogP contribution in [0.2, 0.25) is 0 Å². The molecule has 0 amide bonds. The summed E-state index contributed by atoms with van der Waals surface area (Å²) in [6, 6.07) is 36.3. The van der Waals surface area contributed by atoms with Crippen LogP contribution in [0.3, 0.4) is 0 Å². The third-order valence-corrected chi connectivity index (χ3v) is 7.26. The lowest BCUT2D eigenvalue weighted by Gasteiger charge is -2.10. The highest BCUT2D eigenvalue weighted by atomic mass is 15.0. The van der Waals surface area contributed by atoms with Gasteiger partial charge in [0, 0.05) is 63.3 Å². The van der Waals surface area contributed by atoms with Crippen LogP contribution in [-0.4, -0.2) is 24.1 Å². The maximum absolute atomic E-state index is 4.80. The van der Waals surface area contributed by atoms with Gasteiger partial charge in [0.2, 0.25) is 0 Å². The molecule has 0 aliphatic heterocycles. The Bertz CT molecular complexity index is 2140. The molecule has 4 aromatic carbocycles. The van der Waals surface area contributed by atoms with Gasteiger partial charge in [0.1, 0.15) is 0 Å². The first kappa shape index (κ1) is 20.9. The largest absolute Gasteiger partial charge is 0.317 e. The van der Waals surface area contributed by atoms with Crippen LogP contribution in [0.4, 0.5) is 0 Å². The SMILES string of the molecule is c1ccc(-n2ccc3cc4c(cc32)c2ccccc2n4-c2cccc(-c3ncc4cnccc4n3)c2)cc1. The average molecular weight is 488 g/mol. The van der Waals surface area contributed by atoms with E-state index in [-0.39, 0.29) is 0 Å². The number of nitrogens with zero attached hydrogens (tertiary/aromatic N) is 5. The van der Waals surface area contributed by atoms with Gasteiger partial charge in [-0.2, -0.15) is 0 Å². The molecule has 0 aliphatic carbocycles. The van der Waals surface area contributed by atoms with E-state index in [1.165, 1.54) is 32.7 Å². The number of hydrogen-bond acceptors (Lipinski definition) is 3. The first-order chi connectivity index (χ1) is 18.8. The molecule has 178 valence electrons. The lowest BCUT2D eigenvalue weighted by atomic mass is 10.1. The highest BCUT2D eigenvalue weighted by Crippen LogP contribution is 2.36. The normalized spacial score (nSPS) is 11.7. The molecule has 0 N–H and O–H groups in total. The van der Waals surface area contributed by atoms with Gasteiger partial charge in [0.05, 0.1) is 22.1 Å². The Morgan fingerprint density at radius 1 is 0.579 bits per heavy atom. The van der Waals surface area contributed by atoms with E-state index in [1.54, 1.807) is 12.4 Å². The maximum atomic E-state index is 4.80. The molecule has 8 rings (SSSR count). The van der Waals surface area contributed by atoms with Crippen molar-refractivity contribution in [3.05, 3.63) is 128 Å². The fraction of sp³-hybridized carbons (Fsp3) is 0. The third-order valence-electron chi connectivity index (χ3n) is 7.26. The molecule has 4 heterocycles.